The van der Waals surface area contributed by atoms with Gasteiger partial charge in [-0.05, 0) is 38.8 Å². The maximum Gasteiger partial charge on any atom is 0.252 e. The minimum atomic E-state index is -0.165. The number of carbonyl (C=O) groups excluding carboxylic acids is 1. The second kappa shape index (κ2) is 10.4. The molecule has 0 unspecified atom stereocenters. The molecule has 1 saturated heterocycles. The first kappa shape index (κ1) is 20.5. The molecule has 0 aromatic heterocycles. The summed E-state index contributed by atoms with van der Waals surface area (Å²) in [5.41, 5.74) is 0.494. The molecule has 1 aromatic rings. The van der Waals surface area contributed by atoms with E-state index in [2.05, 4.69) is 39.7 Å². The van der Waals surface area contributed by atoms with Gasteiger partial charge in [0.2, 0.25) is 0 Å². The Hall–Kier alpha value is -1.79. The number of piperidine rings is 1. The quantitative estimate of drug-likeness (QED) is 0.402. The molecule has 3 N–H and O–H groups in total. The largest absolute Gasteiger partial charge is 0.355 e. The normalized spacial score (nSPS) is 16.6. The Bertz CT molecular complexity index is 612. The fraction of sp³-hybridized carbons (Fsp3) is 0.579. The van der Waals surface area contributed by atoms with Crippen LogP contribution in [0.5, 0.6) is 0 Å². The van der Waals surface area contributed by atoms with E-state index in [1.807, 2.05) is 6.07 Å². The summed E-state index contributed by atoms with van der Waals surface area (Å²) in [6, 6.07) is 8.08. The lowest BCUT2D eigenvalue weighted by Crippen LogP contribution is -2.50. The lowest BCUT2D eigenvalue weighted by atomic mass is 10.0. The highest BCUT2D eigenvalue weighted by Crippen LogP contribution is 2.14. The number of likely N-dealkylation sites (tertiary alicyclic amines) is 1. The van der Waals surface area contributed by atoms with Crippen LogP contribution in [0.2, 0.25) is 5.02 Å². The number of benzene rings is 1. The fourth-order valence-electron chi connectivity index (χ4n) is 3.05. The minimum Gasteiger partial charge on any atom is -0.355 e. The van der Waals surface area contributed by atoms with Gasteiger partial charge in [0.05, 0.1) is 10.6 Å². The molecule has 0 bridgehead atoms. The molecule has 2 rings (SSSR count). The number of aliphatic imine (C=N–C) groups is 1. The second-order valence-corrected chi connectivity index (χ2v) is 7.19. The van der Waals surface area contributed by atoms with Gasteiger partial charge in [0.1, 0.15) is 0 Å². The van der Waals surface area contributed by atoms with Crippen LogP contribution in [0.25, 0.3) is 0 Å². The third-order valence-electron chi connectivity index (χ3n) is 4.65. The molecule has 0 spiro atoms. The summed E-state index contributed by atoms with van der Waals surface area (Å²) in [5.74, 6) is 0.612. The zero-order valence-corrected chi connectivity index (χ0v) is 16.6. The highest BCUT2D eigenvalue weighted by atomic mass is 35.5. The van der Waals surface area contributed by atoms with Crippen molar-refractivity contribution in [3.8, 4) is 0 Å². The van der Waals surface area contributed by atoms with Crippen molar-refractivity contribution in [1.82, 2.24) is 20.9 Å². The van der Waals surface area contributed by atoms with Gasteiger partial charge in [-0.25, -0.2) is 0 Å². The molecule has 1 aliphatic heterocycles. The average Bonchev–Trinajstić information content (AvgIpc) is 2.64. The van der Waals surface area contributed by atoms with Crippen molar-refractivity contribution in [3.63, 3.8) is 0 Å². The van der Waals surface area contributed by atoms with E-state index >= 15 is 0 Å². The molecule has 0 radical (unpaired) electrons. The Kier molecular flexibility index (Phi) is 8.19. The first-order valence-electron chi connectivity index (χ1n) is 9.25. The van der Waals surface area contributed by atoms with E-state index in [4.69, 9.17) is 11.6 Å². The van der Waals surface area contributed by atoms with E-state index in [0.29, 0.717) is 35.8 Å². The van der Waals surface area contributed by atoms with Crippen LogP contribution in [0.15, 0.2) is 29.3 Å². The number of nitrogens with one attached hydrogen (secondary N) is 3. The van der Waals surface area contributed by atoms with E-state index in [1.54, 1.807) is 25.2 Å². The van der Waals surface area contributed by atoms with Gasteiger partial charge in [0, 0.05) is 45.3 Å². The molecular weight excluding hydrogens is 350 g/mol. The van der Waals surface area contributed by atoms with Crippen molar-refractivity contribution in [2.75, 3.05) is 33.2 Å². The van der Waals surface area contributed by atoms with E-state index in [1.165, 1.54) is 0 Å². The third kappa shape index (κ3) is 6.18. The van der Waals surface area contributed by atoms with Crippen LogP contribution in [0.4, 0.5) is 0 Å². The number of guanidine groups is 1. The van der Waals surface area contributed by atoms with Crippen LogP contribution in [-0.4, -0.2) is 62.1 Å². The Labute approximate surface area is 161 Å². The molecular formula is C19H30ClN5O. The molecule has 1 fully saturated rings. The van der Waals surface area contributed by atoms with Gasteiger partial charge in [-0.15, -0.1) is 0 Å². The number of amides is 1. The standard InChI is InChI=1S/C19H30ClN5O/c1-14(2)25-12-8-15(9-13-25)24-19(21-3)23-11-10-22-18(26)16-6-4-5-7-17(16)20/h4-7,14-15H,8-13H2,1-3H3,(H,22,26)(H2,21,23,24). The number of nitrogens with zero attached hydrogens (tertiary/aromatic N) is 2. The smallest absolute Gasteiger partial charge is 0.252 e. The first-order valence-corrected chi connectivity index (χ1v) is 9.63. The van der Waals surface area contributed by atoms with Crippen molar-refractivity contribution in [2.24, 2.45) is 4.99 Å². The monoisotopic (exact) mass is 379 g/mol. The zero-order chi connectivity index (χ0) is 18.9. The van der Waals surface area contributed by atoms with Crippen LogP contribution >= 0.6 is 11.6 Å². The predicted octanol–water partition coefficient (Wildman–Crippen LogP) is 2.11. The van der Waals surface area contributed by atoms with Gasteiger partial charge in [-0.3, -0.25) is 9.79 Å². The Morgan fingerprint density at radius 1 is 1.23 bits per heavy atom. The maximum absolute atomic E-state index is 12.1. The summed E-state index contributed by atoms with van der Waals surface area (Å²) in [6.07, 6.45) is 2.23. The topological polar surface area (TPSA) is 68.8 Å². The molecule has 26 heavy (non-hydrogen) atoms. The molecule has 1 heterocycles. The van der Waals surface area contributed by atoms with Crippen molar-refractivity contribution >= 4 is 23.5 Å². The summed E-state index contributed by atoms with van der Waals surface area (Å²) in [5, 5.41) is 10.0. The molecule has 6 nitrogen and oxygen atoms in total. The van der Waals surface area contributed by atoms with Gasteiger partial charge in [0.15, 0.2) is 5.96 Å². The summed E-state index contributed by atoms with van der Waals surface area (Å²) in [6.45, 7) is 7.80. The number of rotatable bonds is 6. The van der Waals surface area contributed by atoms with E-state index < -0.39 is 0 Å². The number of halogens is 1. The van der Waals surface area contributed by atoms with Crippen molar-refractivity contribution in [1.29, 1.82) is 0 Å². The van der Waals surface area contributed by atoms with E-state index in [0.717, 1.165) is 31.9 Å². The van der Waals surface area contributed by atoms with Crippen molar-refractivity contribution in [3.05, 3.63) is 34.9 Å². The van der Waals surface area contributed by atoms with Gasteiger partial charge in [-0.1, -0.05) is 23.7 Å². The fourth-order valence-corrected chi connectivity index (χ4v) is 3.27. The van der Waals surface area contributed by atoms with Crippen molar-refractivity contribution < 1.29 is 4.79 Å². The molecule has 1 aromatic carbocycles. The average molecular weight is 380 g/mol. The van der Waals surface area contributed by atoms with Crippen LogP contribution in [0.3, 0.4) is 0 Å². The van der Waals surface area contributed by atoms with E-state index in [9.17, 15) is 4.79 Å². The SMILES string of the molecule is CN=C(NCCNC(=O)c1ccccc1Cl)NC1CCN(C(C)C)CC1. The number of hydrogen-bond donors (Lipinski definition) is 3. The lowest BCUT2D eigenvalue weighted by Gasteiger charge is -2.35. The number of hydrogen-bond acceptors (Lipinski definition) is 3. The molecule has 0 saturated carbocycles. The predicted molar refractivity (Wildman–Crippen MR) is 108 cm³/mol. The second-order valence-electron chi connectivity index (χ2n) is 6.78. The van der Waals surface area contributed by atoms with Crippen LogP contribution in [-0.2, 0) is 0 Å². The van der Waals surface area contributed by atoms with Gasteiger partial charge in [-0.2, -0.15) is 0 Å². The number of carbonyl (C=O) groups is 1. The molecule has 1 aliphatic rings. The molecule has 7 heteroatoms. The summed E-state index contributed by atoms with van der Waals surface area (Å²) >= 11 is 6.03. The molecule has 1 amide bonds. The van der Waals surface area contributed by atoms with Crippen LogP contribution < -0.4 is 16.0 Å². The Morgan fingerprint density at radius 2 is 1.88 bits per heavy atom. The molecule has 0 aliphatic carbocycles. The van der Waals surface area contributed by atoms with E-state index in [-0.39, 0.29) is 5.91 Å². The first-order chi connectivity index (χ1) is 12.5. The minimum absolute atomic E-state index is 0.165. The van der Waals surface area contributed by atoms with Gasteiger partial charge >= 0.3 is 0 Å². The highest BCUT2D eigenvalue weighted by Gasteiger charge is 2.21. The Morgan fingerprint density at radius 3 is 2.50 bits per heavy atom. The van der Waals surface area contributed by atoms with Crippen molar-refractivity contribution in [2.45, 2.75) is 38.8 Å². The summed E-state index contributed by atoms with van der Waals surface area (Å²) in [4.78, 5) is 18.9. The lowest BCUT2D eigenvalue weighted by molar-refractivity contribution is 0.0954. The molecule has 144 valence electrons. The summed E-state index contributed by atoms with van der Waals surface area (Å²) < 4.78 is 0. The zero-order valence-electron chi connectivity index (χ0n) is 15.9. The van der Waals surface area contributed by atoms with Crippen LogP contribution in [0, 0.1) is 0 Å². The maximum atomic E-state index is 12.1. The van der Waals surface area contributed by atoms with Gasteiger partial charge in [0.25, 0.3) is 5.91 Å². The highest BCUT2D eigenvalue weighted by molar-refractivity contribution is 6.33. The van der Waals surface area contributed by atoms with Crippen LogP contribution in [0.1, 0.15) is 37.0 Å². The Balaban J connectivity index is 1.68. The summed E-state index contributed by atoms with van der Waals surface area (Å²) in [7, 11) is 1.76. The van der Waals surface area contributed by atoms with Gasteiger partial charge < -0.3 is 20.9 Å². The molecule has 0 atom stereocenters. The third-order valence-corrected chi connectivity index (χ3v) is 4.98.